The molecule has 2 amide bonds. The number of amides is 2. The predicted octanol–water partition coefficient (Wildman–Crippen LogP) is 0.860. The average molecular weight is 296 g/mol. The summed E-state index contributed by atoms with van der Waals surface area (Å²) in [6.07, 6.45) is 2.39. The molecule has 1 aliphatic carbocycles. The molecule has 21 heavy (non-hydrogen) atoms. The van der Waals surface area contributed by atoms with Crippen LogP contribution in [-0.4, -0.2) is 46.9 Å². The van der Waals surface area contributed by atoms with Crippen LogP contribution in [0.5, 0.6) is 0 Å². The molecular weight excluding hydrogens is 272 g/mol. The van der Waals surface area contributed by atoms with Gasteiger partial charge in [-0.2, -0.15) is 0 Å². The van der Waals surface area contributed by atoms with Crippen LogP contribution in [0.15, 0.2) is 0 Å². The van der Waals surface area contributed by atoms with Gasteiger partial charge in [-0.1, -0.05) is 20.3 Å². The highest BCUT2D eigenvalue weighted by Crippen LogP contribution is 2.27. The van der Waals surface area contributed by atoms with Crippen LogP contribution in [0, 0.1) is 17.8 Å². The van der Waals surface area contributed by atoms with E-state index >= 15 is 0 Å². The maximum absolute atomic E-state index is 12.3. The summed E-state index contributed by atoms with van der Waals surface area (Å²) in [6.45, 7) is 5.20. The average Bonchev–Trinajstić information content (AvgIpc) is 2.96. The third-order valence-electron chi connectivity index (χ3n) is 4.33. The Bertz CT molecular complexity index is 435. The van der Waals surface area contributed by atoms with Crippen LogP contribution < -0.4 is 5.32 Å². The van der Waals surface area contributed by atoms with Gasteiger partial charge in [0.05, 0.1) is 11.8 Å². The predicted molar refractivity (Wildman–Crippen MR) is 76.4 cm³/mol. The summed E-state index contributed by atoms with van der Waals surface area (Å²) < 4.78 is 0. The second-order valence-electron chi connectivity index (χ2n) is 6.58. The van der Waals surface area contributed by atoms with Crippen LogP contribution in [-0.2, 0) is 14.4 Å². The van der Waals surface area contributed by atoms with Crippen molar-refractivity contribution in [3.05, 3.63) is 0 Å². The Morgan fingerprint density at radius 1 is 1.38 bits per heavy atom. The van der Waals surface area contributed by atoms with Gasteiger partial charge in [-0.05, 0) is 18.8 Å². The topological polar surface area (TPSA) is 86.7 Å². The van der Waals surface area contributed by atoms with Crippen LogP contribution in [0.1, 0.15) is 39.5 Å². The first kappa shape index (κ1) is 15.8. The molecule has 0 spiro atoms. The lowest BCUT2D eigenvalue weighted by atomic mass is 10.0. The smallest absolute Gasteiger partial charge is 0.308 e. The van der Waals surface area contributed by atoms with Gasteiger partial charge in [0, 0.05) is 25.6 Å². The molecule has 2 N–H and O–H groups in total. The highest BCUT2D eigenvalue weighted by molar-refractivity contribution is 5.89. The number of nitrogens with zero attached hydrogens (tertiary/aromatic N) is 1. The Morgan fingerprint density at radius 2 is 2.10 bits per heavy atom. The second kappa shape index (κ2) is 6.45. The summed E-state index contributed by atoms with van der Waals surface area (Å²) in [7, 11) is 0. The monoisotopic (exact) mass is 296 g/mol. The minimum atomic E-state index is -0.846. The Morgan fingerprint density at radius 3 is 2.71 bits per heavy atom. The van der Waals surface area contributed by atoms with E-state index in [4.69, 9.17) is 5.11 Å². The molecule has 118 valence electrons. The van der Waals surface area contributed by atoms with Crippen molar-refractivity contribution in [2.24, 2.45) is 17.8 Å². The van der Waals surface area contributed by atoms with Crippen molar-refractivity contribution in [3.63, 3.8) is 0 Å². The zero-order valence-electron chi connectivity index (χ0n) is 12.7. The molecule has 6 heteroatoms. The number of aliphatic carboxylic acids is 1. The summed E-state index contributed by atoms with van der Waals surface area (Å²) in [4.78, 5) is 37.0. The number of rotatable bonds is 5. The SMILES string of the molecule is CC(C)CN1CC(C(=O)NC2CCCC2C(=O)O)CC1=O. The van der Waals surface area contributed by atoms with Gasteiger partial charge in [-0.25, -0.2) is 0 Å². The van der Waals surface area contributed by atoms with E-state index < -0.39 is 11.9 Å². The fraction of sp³-hybridized carbons (Fsp3) is 0.800. The molecule has 3 unspecified atom stereocenters. The van der Waals surface area contributed by atoms with Crippen molar-refractivity contribution in [1.82, 2.24) is 10.2 Å². The van der Waals surface area contributed by atoms with Crippen LogP contribution in [0.25, 0.3) is 0 Å². The van der Waals surface area contributed by atoms with Crippen LogP contribution in [0.3, 0.4) is 0 Å². The van der Waals surface area contributed by atoms with E-state index in [1.807, 2.05) is 13.8 Å². The Labute approximate surface area is 124 Å². The van der Waals surface area contributed by atoms with Gasteiger partial charge in [-0.3, -0.25) is 14.4 Å². The number of carbonyl (C=O) groups excluding carboxylic acids is 2. The summed E-state index contributed by atoms with van der Waals surface area (Å²) in [5, 5.41) is 12.0. The molecule has 0 aromatic rings. The lowest BCUT2D eigenvalue weighted by Crippen LogP contribution is -2.43. The second-order valence-corrected chi connectivity index (χ2v) is 6.58. The quantitative estimate of drug-likeness (QED) is 0.788. The van der Waals surface area contributed by atoms with Crippen molar-refractivity contribution >= 4 is 17.8 Å². The largest absolute Gasteiger partial charge is 0.481 e. The fourth-order valence-corrected chi connectivity index (χ4v) is 3.29. The highest BCUT2D eigenvalue weighted by atomic mass is 16.4. The maximum Gasteiger partial charge on any atom is 0.308 e. The highest BCUT2D eigenvalue weighted by Gasteiger charge is 2.38. The molecule has 2 fully saturated rings. The molecule has 1 saturated heterocycles. The lowest BCUT2D eigenvalue weighted by Gasteiger charge is -2.21. The maximum atomic E-state index is 12.3. The standard InChI is InChI=1S/C15H24N2O4/c1-9(2)7-17-8-10(6-13(17)18)14(19)16-12-5-3-4-11(12)15(20)21/h9-12H,3-8H2,1-2H3,(H,16,19)(H,20,21). The fourth-order valence-electron chi connectivity index (χ4n) is 3.29. The number of carboxylic acids is 1. The molecule has 6 nitrogen and oxygen atoms in total. The summed E-state index contributed by atoms with van der Waals surface area (Å²) in [6, 6.07) is -0.288. The molecule has 2 aliphatic rings. The zero-order chi connectivity index (χ0) is 15.6. The minimum absolute atomic E-state index is 0.0186. The van der Waals surface area contributed by atoms with E-state index in [0.717, 1.165) is 6.42 Å². The molecule has 1 heterocycles. The summed E-state index contributed by atoms with van der Waals surface area (Å²) >= 11 is 0. The Kier molecular flexibility index (Phi) is 4.85. The van der Waals surface area contributed by atoms with E-state index in [2.05, 4.69) is 5.32 Å². The third-order valence-corrected chi connectivity index (χ3v) is 4.33. The number of carboxylic acid groups (broad SMARTS) is 1. The molecule has 3 atom stereocenters. The molecule has 0 bridgehead atoms. The number of carbonyl (C=O) groups is 3. The molecular formula is C15H24N2O4. The first-order valence-corrected chi connectivity index (χ1v) is 7.69. The lowest BCUT2D eigenvalue weighted by molar-refractivity contribution is -0.142. The molecule has 1 aliphatic heterocycles. The van der Waals surface area contributed by atoms with Crippen LogP contribution >= 0.6 is 0 Å². The number of hydrogen-bond donors (Lipinski definition) is 2. The normalized spacial score (nSPS) is 29.2. The van der Waals surface area contributed by atoms with Gasteiger partial charge in [0.25, 0.3) is 0 Å². The molecule has 1 saturated carbocycles. The molecule has 0 radical (unpaired) electrons. The van der Waals surface area contributed by atoms with Crippen LogP contribution in [0.2, 0.25) is 0 Å². The van der Waals surface area contributed by atoms with Gasteiger partial charge < -0.3 is 15.3 Å². The van der Waals surface area contributed by atoms with Crippen molar-refractivity contribution in [3.8, 4) is 0 Å². The minimum Gasteiger partial charge on any atom is -0.481 e. The Hall–Kier alpha value is -1.59. The van der Waals surface area contributed by atoms with Gasteiger partial charge in [0.2, 0.25) is 11.8 Å². The number of hydrogen-bond acceptors (Lipinski definition) is 3. The summed E-state index contributed by atoms with van der Waals surface area (Å²) in [5.74, 6) is -1.45. The van der Waals surface area contributed by atoms with Crippen molar-refractivity contribution < 1.29 is 19.5 Å². The molecule has 0 aromatic carbocycles. The van der Waals surface area contributed by atoms with Crippen molar-refractivity contribution in [2.45, 2.75) is 45.6 Å². The first-order chi connectivity index (χ1) is 9.88. The third kappa shape index (κ3) is 3.74. The van der Waals surface area contributed by atoms with Crippen LogP contribution in [0.4, 0.5) is 0 Å². The van der Waals surface area contributed by atoms with E-state index in [0.29, 0.717) is 31.8 Å². The number of nitrogens with one attached hydrogen (secondary N) is 1. The van der Waals surface area contributed by atoms with E-state index in [1.165, 1.54) is 0 Å². The van der Waals surface area contributed by atoms with Gasteiger partial charge >= 0.3 is 5.97 Å². The van der Waals surface area contributed by atoms with E-state index in [9.17, 15) is 14.4 Å². The van der Waals surface area contributed by atoms with E-state index in [-0.39, 0.29) is 30.2 Å². The van der Waals surface area contributed by atoms with E-state index in [1.54, 1.807) is 4.90 Å². The Balaban J connectivity index is 1.89. The molecule has 0 aromatic heterocycles. The zero-order valence-corrected chi connectivity index (χ0v) is 12.7. The molecule has 2 rings (SSSR count). The van der Waals surface area contributed by atoms with Gasteiger partial charge in [-0.15, -0.1) is 0 Å². The van der Waals surface area contributed by atoms with Crippen molar-refractivity contribution in [1.29, 1.82) is 0 Å². The van der Waals surface area contributed by atoms with Gasteiger partial charge in [0.15, 0.2) is 0 Å². The number of likely N-dealkylation sites (tertiary alicyclic amines) is 1. The van der Waals surface area contributed by atoms with Crippen molar-refractivity contribution in [2.75, 3.05) is 13.1 Å². The summed E-state index contributed by atoms with van der Waals surface area (Å²) in [5.41, 5.74) is 0. The van der Waals surface area contributed by atoms with Gasteiger partial charge in [0.1, 0.15) is 0 Å². The first-order valence-electron chi connectivity index (χ1n) is 7.69.